The van der Waals surface area contributed by atoms with Gasteiger partial charge in [0, 0.05) is 25.2 Å². The number of aromatic nitrogens is 1. The third-order valence-electron chi connectivity index (χ3n) is 2.61. The van der Waals surface area contributed by atoms with Crippen molar-refractivity contribution in [1.29, 1.82) is 0 Å². The Morgan fingerprint density at radius 3 is 3.29 bits per heavy atom. The molecule has 1 unspecified atom stereocenters. The number of morpholine rings is 1. The Morgan fingerprint density at radius 1 is 1.71 bits per heavy atom. The summed E-state index contributed by atoms with van der Waals surface area (Å²) in [7, 11) is 0. The first kappa shape index (κ1) is 12.0. The third kappa shape index (κ3) is 3.80. The largest absolute Gasteiger partial charge is 0.378 e. The van der Waals surface area contributed by atoms with E-state index in [4.69, 9.17) is 4.74 Å². The van der Waals surface area contributed by atoms with Gasteiger partial charge < -0.3 is 15.4 Å². The summed E-state index contributed by atoms with van der Waals surface area (Å²) in [6, 6.07) is 3.85. The molecule has 1 fully saturated rings. The molecule has 2 rings (SSSR count). The van der Waals surface area contributed by atoms with E-state index in [1.807, 2.05) is 19.1 Å². The first-order chi connectivity index (χ1) is 8.24. The molecule has 2 N–H and O–H groups in total. The van der Waals surface area contributed by atoms with E-state index in [1.54, 1.807) is 6.20 Å². The normalized spacial score (nSPS) is 19.9. The molecule has 2 heterocycles. The molecule has 0 aromatic carbocycles. The topological polar surface area (TPSA) is 63.2 Å². The number of hydrogen-bond donors (Lipinski definition) is 2. The number of rotatable bonds is 3. The molecule has 0 aliphatic carbocycles. The van der Waals surface area contributed by atoms with E-state index in [0.29, 0.717) is 18.8 Å². The second kappa shape index (κ2) is 5.75. The van der Waals surface area contributed by atoms with Crippen LogP contribution in [0, 0.1) is 6.92 Å². The van der Waals surface area contributed by atoms with E-state index in [-0.39, 0.29) is 11.9 Å². The summed E-state index contributed by atoms with van der Waals surface area (Å²) >= 11 is 0. The molecular weight excluding hydrogens is 218 g/mol. The average Bonchev–Trinajstić information content (AvgIpc) is 2.30. The van der Waals surface area contributed by atoms with Gasteiger partial charge in [0.25, 0.3) is 0 Å². The number of anilines is 1. The van der Waals surface area contributed by atoms with Crippen LogP contribution >= 0.6 is 0 Å². The van der Waals surface area contributed by atoms with Gasteiger partial charge in [-0.1, -0.05) is 0 Å². The van der Waals surface area contributed by atoms with Crippen molar-refractivity contribution in [3.05, 3.63) is 23.9 Å². The number of nitrogens with one attached hydrogen (secondary N) is 2. The van der Waals surface area contributed by atoms with Gasteiger partial charge in [0.15, 0.2) is 0 Å². The second-order valence-corrected chi connectivity index (χ2v) is 4.20. The number of nitrogens with zero attached hydrogens (tertiary/aromatic N) is 1. The van der Waals surface area contributed by atoms with Crippen LogP contribution in [0.2, 0.25) is 0 Å². The Morgan fingerprint density at radius 2 is 2.59 bits per heavy atom. The predicted molar refractivity (Wildman–Crippen MR) is 64.8 cm³/mol. The zero-order valence-corrected chi connectivity index (χ0v) is 9.90. The second-order valence-electron chi connectivity index (χ2n) is 4.20. The number of ether oxygens (including phenoxy) is 1. The van der Waals surface area contributed by atoms with Crippen LogP contribution in [0.1, 0.15) is 12.0 Å². The van der Waals surface area contributed by atoms with Gasteiger partial charge in [-0.15, -0.1) is 0 Å². The first-order valence-corrected chi connectivity index (χ1v) is 5.77. The van der Waals surface area contributed by atoms with E-state index in [0.717, 1.165) is 18.7 Å². The molecule has 1 saturated heterocycles. The highest BCUT2D eigenvalue weighted by Gasteiger charge is 2.16. The minimum absolute atomic E-state index is 0.0360. The van der Waals surface area contributed by atoms with Gasteiger partial charge in [0.1, 0.15) is 5.82 Å². The maximum absolute atomic E-state index is 11.7. The highest BCUT2D eigenvalue weighted by atomic mass is 16.5. The minimum Gasteiger partial charge on any atom is -0.378 e. The highest BCUT2D eigenvalue weighted by molar-refractivity contribution is 5.90. The van der Waals surface area contributed by atoms with Gasteiger partial charge in [0.05, 0.1) is 13.2 Å². The maximum atomic E-state index is 11.7. The van der Waals surface area contributed by atoms with E-state index in [2.05, 4.69) is 15.6 Å². The standard InChI is InChI=1S/C12H17N3O2/c1-9-2-3-14-11(6-9)15-12(16)7-10-8-17-5-4-13-10/h2-3,6,10,13H,4-5,7-8H2,1H3,(H,14,15,16). The average molecular weight is 235 g/mol. The van der Waals surface area contributed by atoms with E-state index in [9.17, 15) is 4.79 Å². The highest BCUT2D eigenvalue weighted by Crippen LogP contribution is 2.07. The Labute approximate surface area is 101 Å². The molecule has 17 heavy (non-hydrogen) atoms. The summed E-state index contributed by atoms with van der Waals surface area (Å²) in [5, 5.41) is 6.03. The molecule has 0 spiro atoms. The van der Waals surface area contributed by atoms with Crippen LogP contribution in [-0.2, 0) is 9.53 Å². The van der Waals surface area contributed by atoms with Crippen molar-refractivity contribution in [2.45, 2.75) is 19.4 Å². The van der Waals surface area contributed by atoms with E-state index in [1.165, 1.54) is 0 Å². The van der Waals surface area contributed by atoms with Gasteiger partial charge in [-0.3, -0.25) is 4.79 Å². The lowest BCUT2D eigenvalue weighted by Crippen LogP contribution is -2.43. The molecule has 0 bridgehead atoms. The number of aryl methyl sites for hydroxylation is 1. The van der Waals surface area contributed by atoms with Crippen molar-refractivity contribution < 1.29 is 9.53 Å². The molecule has 5 heteroatoms. The SMILES string of the molecule is Cc1ccnc(NC(=O)CC2COCCN2)c1. The summed E-state index contributed by atoms with van der Waals surface area (Å²) in [5.41, 5.74) is 1.08. The molecule has 1 aliphatic rings. The van der Waals surface area contributed by atoms with Crippen LogP contribution in [0.3, 0.4) is 0 Å². The van der Waals surface area contributed by atoms with Crippen LogP contribution in [0.15, 0.2) is 18.3 Å². The van der Waals surface area contributed by atoms with E-state index >= 15 is 0 Å². The fourth-order valence-electron chi connectivity index (χ4n) is 1.77. The Balaban J connectivity index is 1.84. The molecule has 1 atom stereocenters. The van der Waals surface area contributed by atoms with Crippen LogP contribution in [0.25, 0.3) is 0 Å². The van der Waals surface area contributed by atoms with Crippen molar-refractivity contribution in [2.24, 2.45) is 0 Å². The summed E-state index contributed by atoms with van der Waals surface area (Å²) in [5.74, 6) is 0.567. The third-order valence-corrected chi connectivity index (χ3v) is 2.61. The summed E-state index contributed by atoms with van der Waals surface area (Å²) in [6.07, 6.45) is 2.10. The fraction of sp³-hybridized carbons (Fsp3) is 0.500. The zero-order valence-electron chi connectivity index (χ0n) is 9.90. The van der Waals surface area contributed by atoms with Gasteiger partial charge in [0.2, 0.25) is 5.91 Å². The Hall–Kier alpha value is -1.46. The number of carbonyl (C=O) groups is 1. The number of carbonyl (C=O) groups excluding carboxylic acids is 1. The molecule has 1 aliphatic heterocycles. The smallest absolute Gasteiger partial charge is 0.227 e. The molecule has 1 amide bonds. The number of pyridine rings is 1. The van der Waals surface area contributed by atoms with Crippen LogP contribution < -0.4 is 10.6 Å². The Bertz CT molecular complexity index is 389. The van der Waals surface area contributed by atoms with Gasteiger partial charge in [-0.25, -0.2) is 4.98 Å². The number of amides is 1. The predicted octanol–water partition coefficient (Wildman–Crippen LogP) is 0.707. The van der Waals surface area contributed by atoms with Gasteiger partial charge in [-0.05, 0) is 24.6 Å². The van der Waals surface area contributed by atoms with Gasteiger partial charge >= 0.3 is 0 Å². The first-order valence-electron chi connectivity index (χ1n) is 5.77. The monoisotopic (exact) mass is 235 g/mol. The quantitative estimate of drug-likeness (QED) is 0.810. The van der Waals surface area contributed by atoms with Crippen molar-refractivity contribution in [3.8, 4) is 0 Å². The molecule has 92 valence electrons. The zero-order chi connectivity index (χ0) is 12.1. The summed E-state index contributed by atoms with van der Waals surface area (Å²) < 4.78 is 5.29. The van der Waals surface area contributed by atoms with Crippen molar-refractivity contribution in [1.82, 2.24) is 10.3 Å². The van der Waals surface area contributed by atoms with Crippen LogP contribution in [0.4, 0.5) is 5.82 Å². The Kier molecular flexibility index (Phi) is 4.06. The van der Waals surface area contributed by atoms with E-state index < -0.39 is 0 Å². The molecular formula is C12H17N3O2. The summed E-state index contributed by atoms with van der Waals surface area (Å²) in [6.45, 7) is 4.08. The summed E-state index contributed by atoms with van der Waals surface area (Å²) in [4.78, 5) is 15.8. The lowest BCUT2D eigenvalue weighted by molar-refractivity contribution is -0.117. The fourth-order valence-corrected chi connectivity index (χ4v) is 1.77. The lowest BCUT2D eigenvalue weighted by Gasteiger charge is -2.23. The molecule has 1 aromatic rings. The molecule has 5 nitrogen and oxygen atoms in total. The molecule has 0 saturated carbocycles. The van der Waals surface area contributed by atoms with Crippen molar-refractivity contribution in [2.75, 3.05) is 25.1 Å². The lowest BCUT2D eigenvalue weighted by atomic mass is 10.2. The minimum atomic E-state index is -0.0360. The molecule has 1 aromatic heterocycles. The molecule has 0 radical (unpaired) electrons. The van der Waals surface area contributed by atoms with Gasteiger partial charge in [-0.2, -0.15) is 0 Å². The van der Waals surface area contributed by atoms with Crippen LogP contribution in [-0.4, -0.2) is 36.7 Å². The number of hydrogen-bond acceptors (Lipinski definition) is 4. The maximum Gasteiger partial charge on any atom is 0.227 e. The van der Waals surface area contributed by atoms with Crippen molar-refractivity contribution >= 4 is 11.7 Å². The van der Waals surface area contributed by atoms with Crippen molar-refractivity contribution in [3.63, 3.8) is 0 Å². The van der Waals surface area contributed by atoms with Crippen LogP contribution in [0.5, 0.6) is 0 Å².